The van der Waals surface area contributed by atoms with E-state index in [0.29, 0.717) is 23.5 Å². The highest BCUT2D eigenvalue weighted by Gasteiger charge is 2.30. The van der Waals surface area contributed by atoms with Crippen LogP contribution in [-0.4, -0.2) is 18.0 Å². The summed E-state index contributed by atoms with van der Waals surface area (Å²) in [5, 5.41) is 10.8. The van der Waals surface area contributed by atoms with E-state index in [2.05, 4.69) is 0 Å². The molecule has 0 saturated carbocycles. The van der Waals surface area contributed by atoms with Crippen molar-refractivity contribution in [2.24, 2.45) is 0 Å². The lowest BCUT2D eigenvalue weighted by atomic mass is 9.90. The Morgan fingerprint density at radius 1 is 1.04 bits per heavy atom. The van der Waals surface area contributed by atoms with Crippen LogP contribution in [0, 0.1) is 0 Å². The number of hydrogen-bond acceptors (Lipinski definition) is 4. The van der Waals surface area contributed by atoms with Crippen LogP contribution in [0.15, 0.2) is 66.7 Å². The quantitative estimate of drug-likeness (QED) is 0.733. The van der Waals surface area contributed by atoms with E-state index in [1.807, 2.05) is 48.5 Å². The van der Waals surface area contributed by atoms with Gasteiger partial charge in [-0.1, -0.05) is 48.5 Å². The standard InChI is InChI=1S/C23H20O4/c1-26-21-12-11-16(18(23(21)25)13-15-7-3-2-4-8-15)22-14-19(24)17-9-5-6-10-20(17)27-22/h2-12,22,25H,13-14H2,1H3. The maximum atomic E-state index is 12.6. The minimum Gasteiger partial charge on any atom is -0.504 e. The number of phenolic OH excluding ortho intramolecular Hbond substituents is 1. The van der Waals surface area contributed by atoms with Gasteiger partial charge in [0.2, 0.25) is 0 Å². The fourth-order valence-corrected chi connectivity index (χ4v) is 3.53. The van der Waals surface area contributed by atoms with E-state index in [-0.39, 0.29) is 18.0 Å². The monoisotopic (exact) mass is 360 g/mol. The van der Waals surface area contributed by atoms with Gasteiger partial charge in [-0.05, 0) is 23.8 Å². The van der Waals surface area contributed by atoms with E-state index in [1.165, 1.54) is 7.11 Å². The van der Waals surface area contributed by atoms with E-state index in [0.717, 1.165) is 16.7 Å². The van der Waals surface area contributed by atoms with Gasteiger partial charge < -0.3 is 14.6 Å². The first-order valence-electron chi connectivity index (χ1n) is 8.89. The van der Waals surface area contributed by atoms with Crippen LogP contribution in [0.1, 0.15) is 39.6 Å². The number of carbonyl (C=O) groups excluding carboxylic acids is 1. The molecule has 4 heteroatoms. The summed E-state index contributed by atoms with van der Waals surface area (Å²) >= 11 is 0. The lowest BCUT2D eigenvalue weighted by Crippen LogP contribution is -2.21. The Morgan fingerprint density at radius 2 is 1.78 bits per heavy atom. The third kappa shape index (κ3) is 3.26. The van der Waals surface area contributed by atoms with Crippen LogP contribution in [0.4, 0.5) is 0 Å². The second kappa shape index (κ2) is 7.16. The van der Waals surface area contributed by atoms with Gasteiger partial charge in [0.05, 0.1) is 19.1 Å². The van der Waals surface area contributed by atoms with Crippen LogP contribution in [0.2, 0.25) is 0 Å². The summed E-state index contributed by atoms with van der Waals surface area (Å²) in [6.07, 6.45) is 0.322. The summed E-state index contributed by atoms with van der Waals surface area (Å²) in [7, 11) is 1.53. The fraction of sp³-hybridized carbons (Fsp3) is 0.174. The van der Waals surface area contributed by atoms with Crippen LogP contribution in [-0.2, 0) is 6.42 Å². The predicted molar refractivity (Wildman–Crippen MR) is 103 cm³/mol. The molecule has 27 heavy (non-hydrogen) atoms. The van der Waals surface area contributed by atoms with Gasteiger partial charge in [-0.15, -0.1) is 0 Å². The maximum absolute atomic E-state index is 12.6. The molecule has 0 fully saturated rings. The number of ether oxygens (including phenoxy) is 2. The normalized spacial score (nSPS) is 15.7. The molecule has 1 heterocycles. The number of ketones is 1. The summed E-state index contributed by atoms with van der Waals surface area (Å²) in [4.78, 5) is 12.6. The first-order valence-corrected chi connectivity index (χ1v) is 8.89. The molecule has 3 aromatic rings. The molecule has 0 radical (unpaired) electrons. The molecule has 1 aliphatic heterocycles. The number of rotatable bonds is 4. The van der Waals surface area contributed by atoms with Crippen molar-refractivity contribution in [2.45, 2.75) is 18.9 Å². The van der Waals surface area contributed by atoms with Crippen molar-refractivity contribution in [1.82, 2.24) is 0 Å². The van der Waals surface area contributed by atoms with E-state index < -0.39 is 6.10 Å². The summed E-state index contributed by atoms with van der Waals surface area (Å²) < 4.78 is 11.4. The van der Waals surface area contributed by atoms with Crippen LogP contribution in [0.25, 0.3) is 0 Å². The zero-order valence-corrected chi connectivity index (χ0v) is 15.0. The minimum atomic E-state index is -0.442. The fourth-order valence-electron chi connectivity index (χ4n) is 3.53. The molecule has 4 rings (SSSR count). The lowest BCUT2D eigenvalue weighted by molar-refractivity contribution is 0.0848. The highest BCUT2D eigenvalue weighted by atomic mass is 16.5. The van der Waals surface area contributed by atoms with Crippen molar-refractivity contribution in [3.8, 4) is 17.2 Å². The molecular weight excluding hydrogens is 340 g/mol. The van der Waals surface area contributed by atoms with Gasteiger partial charge in [0.1, 0.15) is 11.9 Å². The van der Waals surface area contributed by atoms with Crippen LogP contribution < -0.4 is 9.47 Å². The Balaban J connectivity index is 1.77. The average Bonchev–Trinajstić information content (AvgIpc) is 2.70. The molecule has 0 bridgehead atoms. The summed E-state index contributed by atoms with van der Waals surface area (Å²) in [5.74, 6) is 1.13. The number of phenols is 1. The van der Waals surface area contributed by atoms with Crippen molar-refractivity contribution >= 4 is 5.78 Å². The van der Waals surface area contributed by atoms with Crippen LogP contribution in [0.5, 0.6) is 17.2 Å². The Kier molecular flexibility index (Phi) is 4.55. The van der Waals surface area contributed by atoms with Crippen molar-refractivity contribution in [3.05, 3.63) is 89.0 Å². The van der Waals surface area contributed by atoms with Gasteiger partial charge in [0.25, 0.3) is 0 Å². The predicted octanol–water partition coefficient (Wildman–Crippen LogP) is 4.70. The van der Waals surface area contributed by atoms with E-state index in [1.54, 1.807) is 18.2 Å². The zero-order chi connectivity index (χ0) is 18.8. The minimum absolute atomic E-state index is 0.0443. The number of Topliss-reactive ketones (excluding diaryl/α,β-unsaturated/α-hetero) is 1. The zero-order valence-electron chi connectivity index (χ0n) is 15.0. The number of benzene rings is 3. The highest BCUT2D eigenvalue weighted by Crippen LogP contribution is 2.41. The topological polar surface area (TPSA) is 55.8 Å². The molecule has 1 atom stereocenters. The van der Waals surface area contributed by atoms with Gasteiger partial charge in [0, 0.05) is 17.5 Å². The Morgan fingerprint density at radius 3 is 2.56 bits per heavy atom. The average molecular weight is 360 g/mol. The second-order valence-electron chi connectivity index (χ2n) is 6.58. The number of para-hydroxylation sites is 1. The maximum Gasteiger partial charge on any atom is 0.170 e. The largest absolute Gasteiger partial charge is 0.504 e. The molecule has 4 nitrogen and oxygen atoms in total. The second-order valence-corrected chi connectivity index (χ2v) is 6.58. The van der Waals surface area contributed by atoms with Gasteiger partial charge in [-0.25, -0.2) is 0 Å². The van der Waals surface area contributed by atoms with Crippen molar-refractivity contribution in [3.63, 3.8) is 0 Å². The Labute approximate surface area is 158 Å². The highest BCUT2D eigenvalue weighted by molar-refractivity contribution is 6.00. The third-order valence-electron chi connectivity index (χ3n) is 4.90. The van der Waals surface area contributed by atoms with Crippen LogP contribution >= 0.6 is 0 Å². The summed E-state index contributed by atoms with van der Waals surface area (Å²) in [6, 6.07) is 20.8. The van der Waals surface area contributed by atoms with Gasteiger partial charge in [0.15, 0.2) is 17.3 Å². The molecule has 0 spiro atoms. The summed E-state index contributed by atoms with van der Waals surface area (Å²) in [5.41, 5.74) is 3.19. The number of aromatic hydroxyl groups is 1. The van der Waals surface area contributed by atoms with E-state index in [4.69, 9.17) is 9.47 Å². The van der Waals surface area contributed by atoms with Crippen LogP contribution in [0.3, 0.4) is 0 Å². The molecular formula is C23H20O4. The van der Waals surface area contributed by atoms with Crippen molar-refractivity contribution < 1.29 is 19.4 Å². The number of fused-ring (bicyclic) bond motifs is 1. The van der Waals surface area contributed by atoms with Gasteiger partial charge in [-0.3, -0.25) is 4.79 Å². The number of carbonyl (C=O) groups is 1. The smallest absolute Gasteiger partial charge is 0.170 e. The van der Waals surface area contributed by atoms with Gasteiger partial charge >= 0.3 is 0 Å². The van der Waals surface area contributed by atoms with Crippen molar-refractivity contribution in [2.75, 3.05) is 7.11 Å². The first-order chi connectivity index (χ1) is 13.2. The molecule has 0 saturated heterocycles. The van der Waals surface area contributed by atoms with Crippen molar-refractivity contribution in [1.29, 1.82) is 0 Å². The van der Waals surface area contributed by atoms with E-state index in [9.17, 15) is 9.90 Å². The molecule has 1 aliphatic rings. The molecule has 0 aliphatic carbocycles. The Hall–Kier alpha value is -3.27. The lowest BCUT2D eigenvalue weighted by Gasteiger charge is -2.27. The number of methoxy groups -OCH3 is 1. The van der Waals surface area contributed by atoms with Gasteiger partial charge in [-0.2, -0.15) is 0 Å². The molecule has 1 N–H and O–H groups in total. The molecule has 1 unspecified atom stereocenters. The molecule has 136 valence electrons. The van der Waals surface area contributed by atoms with E-state index >= 15 is 0 Å². The molecule has 0 aromatic heterocycles. The molecule has 0 amide bonds. The SMILES string of the molecule is COc1ccc(C2CC(=O)c3ccccc3O2)c(Cc2ccccc2)c1O. The number of hydrogen-bond donors (Lipinski definition) is 1. The first kappa shape index (κ1) is 17.2. The third-order valence-corrected chi connectivity index (χ3v) is 4.90. The molecule has 3 aromatic carbocycles. The summed E-state index contributed by atoms with van der Waals surface area (Å²) in [6.45, 7) is 0. The Bertz CT molecular complexity index is 979.